The lowest BCUT2D eigenvalue weighted by Gasteiger charge is -2.31. The lowest BCUT2D eigenvalue weighted by molar-refractivity contribution is -0.111. The number of carbonyl (C=O) groups excluding carboxylic acids is 1. The maximum atomic E-state index is 12.4. The fourth-order valence-electron chi connectivity index (χ4n) is 3.01. The largest absolute Gasteiger partial charge is 0.294 e. The van der Waals surface area contributed by atoms with Crippen molar-refractivity contribution in [3.05, 3.63) is 81.0 Å². The SMILES string of the molecule is CC(=O)C1=NN(c2ccc(Cl)cc2)[C@H](c2cccs2)N1c1ccc(Cl)cc1. The molecule has 1 aromatic heterocycles. The monoisotopic (exact) mass is 415 g/mol. The van der Waals surface area contributed by atoms with Gasteiger partial charge in [0, 0.05) is 27.5 Å². The second-order valence-electron chi connectivity index (χ2n) is 6.04. The van der Waals surface area contributed by atoms with Crippen molar-refractivity contribution in [2.24, 2.45) is 5.10 Å². The first-order valence-electron chi connectivity index (χ1n) is 8.27. The maximum absolute atomic E-state index is 12.4. The van der Waals surface area contributed by atoms with Crippen LogP contribution in [0, 0.1) is 0 Å². The maximum Gasteiger partial charge on any atom is 0.198 e. The van der Waals surface area contributed by atoms with Crippen molar-refractivity contribution in [3.63, 3.8) is 0 Å². The molecule has 0 fully saturated rings. The molecule has 0 saturated heterocycles. The molecule has 0 radical (unpaired) electrons. The molecular formula is C20H15Cl2N3OS. The molecule has 1 aliphatic rings. The quantitative estimate of drug-likeness (QED) is 0.525. The van der Waals surface area contributed by atoms with E-state index in [-0.39, 0.29) is 11.9 Å². The first-order chi connectivity index (χ1) is 13.0. The summed E-state index contributed by atoms with van der Waals surface area (Å²) < 4.78 is 0. The molecule has 2 aromatic carbocycles. The first-order valence-corrected chi connectivity index (χ1v) is 9.91. The molecule has 0 aliphatic carbocycles. The van der Waals surface area contributed by atoms with Gasteiger partial charge in [-0.2, -0.15) is 0 Å². The molecule has 0 N–H and O–H groups in total. The Hall–Kier alpha value is -2.34. The molecule has 1 atom stereocenters. The number of hydrazone groups is 1. The summed E-state index contributed by atoms with van der Waals surface area (Å²) in [5.41, 5.74) is 1.70. The van der Waals surface area contributed by atoms with Crippen LogP contribution in [0.1, 0.15) is 18.0 Å². The third-order valence-electron chi connectivity index (χ3n) is 4.22. The van der Waals surface area contributed by atoms with E-state index in [4.69, 9.17) is 23.2 Å². The van der Waals surface area contributed by atoms with Gasteiger partial charge in [-0.25, -0.2) is 5.01 Å². The Labute approximate surface area is 171 Å². The smallest absolute Gasteiger partial charge is 0.198 e. The second-order valence-corrected chi connectivity index (χ2v) is 7.89. The number of hydrogen-bond acceptors (Lipinski definition) is 5. The van der Waals surface area contributed by atoms with E-state index in [0.717, 1.165) is 16.3 Å². The molecule has 1 aliphatic heterocycles. The van der Waals surface area contributed by atoms with Crippen molar-refractivity contribution in [2.45, 2.75) is 13.1 Å². The molecule has 4 nitrogen and oxygen atoms in total. The van der Waals surface area contributed by atoms with Crippen molar-refractivity contribution in [3.8, 4) is 0 Å². The first kappa shape index (κ1) is 18.0. The van der Waals surface area contributed by atoms with Gasteiger partial charge in [-0.1, -0.05) is 29.3 Å². The molecule has 0 spiro atoms. The van der Waals surface area contributed by atoms with Gasteiger partial charge < -0.3 is 0 Å². The highest BCUT2D eigenvalue weighted by Crippen LogP contribution is 2.40. The Kier molecular flexibility index (Phi) is 4.91. The number of halogens is 2. The van der Waals surface area contributed by atoms with E-state index < -0.39 is 0 Å². The minimum atomic E-state index is -0.272. The zero-order valence-electron chi connectivity index (χ0n) is 14.3. The van der Waals surface area contributed by atoms with Gasteiger partial charge in [-0.3, -0.25) is 9.69 Å². The molecule has 3 aromatic rings. The van der Waals surface area contributed by atoms with Gasteiger partial charge in [0.05, 0.1) is 5.69 Å². The van der Waals surface area contributed by atoms with Crippen molar-refractivity contribution in [1.82, 2.24) is 0 Å². The number of nitrogens with zero attached hydrogens (tertiary/aromatic N) is 3. The standard InChI is InChI=1S/C20H15Cl2N3OS/c1-13(26)19-23-25(17-10-6-15(22)7-11-17)20(18-3-2-12-27-18)24(19)16-8-4-14(21)5-9-16/h2-12,20H,1H3/t20-/m1/s1. The topological polar surface area (TPSA) is 35.9 Å². The number of rotatable bonds is 4. The molecule has 27 heavy (non-hydrogen) atoms. The van der Waals surface area contributed by atoms with Gasteiger partial charge in [0.2, 0.25) is 0 Å². The van der Waals surface area contributed by atoms with E-state index >= 15 is 0 Å². The number of carbonyl (C=O) groups is 1. The van der Waals surface area contributed by atoms with Gasteiger partial charge in [-0.05, 0) is 60.0 Å². The number of Topliss-reactive ketones (excluding diaryl/α,β-unsaturated/α-hetero) is 1. The van der Waals surface area contributed by atoms with Crippen LogP contribution in [0.2, 0.25) is 10.0 Å². The van der Waals surface area contributed by atoms with Crippen LogP contribution in [0.3, 0.4) is 0 Å². The lowest BCUT2D eigenvalue weighted by Crippen LogP contribution is -2.37. The summed E-state index contributed by atoms with van der Waals surface area (Å²) in [6, 6.07) is 18.9. The van der Waals surface area contributed by atoms with Crippen LogP contribution in [0.15, 0.2) is 71.1 Å². The number of hydrogen-bond donors (Lipinski definition) is 0. The molecule has 0 bridgehead atoms. The fraction of sp³-hybridized carbons (Fsp3) is 0.100. The van der Waals surface area contributed by atoms with Crippen molar-refractivity contribution in [1.29, 1.82) is 0 Å². The molecule has 4 rings (SSSR count). The predicted molar refractivity (Wildman–Crippen MR) is 113 cm³/mol. The van der Waals surface area contributed by atoms with Crippen molar-refractivity contribution >= 4 is 57.5 Å². The van der Waals surface area contributed by atoms with E-state index in [1.54, 1.807) is 11.3 Å². The normalized spacial score (nSPS) is 16.6. The Bertz CT molecular complexity index is 985. The van der Waals surface area contributed by atoms with Gasteiger partial charge in [0.1, 0.15) is 0 Å². The summed E-state index contributed by atoms with van der Waals surface area (Å²) in [6.45, 7) is 1.53. The minimum absolute atomic E-state index is 0.108. The Morgan fingerprint density at radius 2 is 1.56 bits per heavy atom. The van der Waals surface area contributed by atoms with E-state index in [1.807, 2.05) is 76.0 Å². The van der Waals surface area contributed by atoms with E-state index in [2.05, 4.69) is 5.10 Å². The van der Waals surface area contributed by atoms with Crippen LogP contribution in [0.4, 0.5) is 11.4 Å². The van der Waals surface area contributed by atoms with E-state index in [9.17, 15) is 4.79 Å². The van der Waals surface area contributed by atoms with Gasteiger partial charge in [0.25, 0.3) is 0 Å². The summed E-state index contributed by atoms with van der Waals surface area (Å²) in [5.74, 6) is 0.272. The molecule has 0 amide bonds. The summed E-state index contributed by atoms with van der Waals surface area (Å²) in [5, 5.41) is 9.82. The summed E-state index contributed by atoms with van der Waals surface area (Å²) >= 11 is 13.7. The number of ketones is 1. The highest BCUT2D eigenvalue weighted by molar-refractivity contribution is 7.10. The van der Waals surface area contributed by atoms with Gasteiger partial charge in [-0.15, -0.1) is 16.4 Å². The number of amidine groups is 1. The molecule has 7 heteroatoms. The number of benzene rings is 2. The Balaban J connectivity index is 1.87. The molecule has 136 valence electrons. The summed E-state index contributed by atoms with van der Waals surface area (Å²) in [7, 11) is 0. The molecule has 2 heterocycles. The second kappa shape index (κ2) is 7.35. The number of thiophene rings is 1. The predicted octanol–water partition coefficient (Wildman–Crippen LogP) is 5.98. The van der Waals surface area contributed by atoms with Crippen LogP contribution < -0.4 is 9.91 Å². The average molecular weight is 416 g/mol. The van der Waals surface area contributed by atoms with Gasteiger partial charge in [0.15, 0.2) is 17.8 Å². The van der Waals surface area contributed by atoms with Gasteiger partial charge >= 0.3 is 0 Å². The van der Waals surface area contributed by atoms with Crippen LogP contribution in [-0.4, -0.2) is 11.6 Å². The zero-order chi connectivity index (χ0) is 19.0. The highest BCUT2D eigenvalue weighted by atomic mass is 35.5. The third-order valence-corrected chi connectivity index (χ3v) is 5.63. The van der Waals surface area contributed by atoms with Crippen molar-refractivity contribution < 1.29 is 4.79 Å². The summed E-state index contributed by atoms with van der Waals surface area (Å²) in [4.78, 5) is 15.4. The van der Waals surface area contributed by atoms with E-state index in [0.29, 0.717) is 15.9 Å². The fourth-order valence-corrected chi connectivity index (χ4v) is 4.06. The molecule has 0 unspecified atom stereocenters. The minimum Gasteiger partial charge on any atom is -0.294 e. The summed E-state index contributed by atoms with van der Waals surface area (Å²) in [6.07, 6.45) is -0.272. The zero-order valence-corrected chi connectivity index (χ0v) is 16.7. The highest BCUT2D eigenvalue weighted by Gasteiger charge is 2.39. The Morgan fingerprint density at radius 3 is 2.07 bits per heavy atom. The van der Waals surface area contributed by atoms with Crippen LogP contribution in [-0.2, 0) is 4.79 Å². The molecular weight excluding hydrogens is 401 g/mol. The van der Waals surface area contributed by atoms with Crippen molar-refractivity contribution in [2.75, 3.05) is 9.91 Å². The van der Waals surface area contributed by atoms with Crippen LogP contribution in [0.5, 0.6) is 0 Å². The lowest BCUT2D eigenvalue weighted by atomic mass is 10.2. The third kappa shape index (κ3) is 3.46. The Morgan fingerprint density at radius 1 is 0.963 bits per heavy atom. The molecule has 0 saturated carbocycles. The van der Waals surface area contributed by atoms with Crippen LogP contribution in [0.25, 0.3) is 0 Å². The van der Waals surface area contributed by atoms with Crippen LogP contribution >= 0.6 is 34.5 Å². The average Bonchev–Trinajstić information content (AvgIpc) is 3.30. The van der Waals surface area contributed by atoms with E-state index in [1.165, 1.54) is 6.92 Å². The number of anilines is 2.